The maximum absolute atomic E-state index is 13.7. The van der Waals surface area contributed by atoms with Crippen molar-refractivity contribution in [3.8, 4) is 28.6 Å². The second-order valence-electron chi connectivity index (χ2n) is 23.8. The lowest BCUT2D eigenvalue weighted by atomic mass is 9.82. The summed E-state index contributed by atoms with van der Waals surface area (Å²) < 4.78 is 126. The summed E-state index contributed by atoms with van der Waals surface area (Å²) >= 11 is 2.16. The fourth-order valence-electron chi connectivity index (χ4n) is 10.6. The molecule has 6 N–H and O–H groups in total. The Morgan fingerprint density at radius 1 is 0.606 bits per heavy atom. The predicted octanol–water partition coefficient (Wildman–Crippen LogP) is 17.8. The molecule has 0 spiro atoms. The lowest BCUT2D eigenvalue weighted by Gasteiger charge is -2.34. The molecule has 0 radical (unpaired) electrons. The Labute approximate surface area is 581 Å². The Balaban J connectivity index is 0.000000215. The second kappa shape index (κ2) is 36.4. The molecule has 6 aromatic carbocycles. The molecule has 2 saturated carbocycles. The van der Waals surface area contributed by atoms with Crippen LogP contribution in [0, 0.1) is 27.2 Å². The maximum Gasteiger partial charge on any atom is 0.438 e. The van der Waals surface area contributed by atoms with Gasteiger partial charge in [0.05, 0.1) is 59.1 Å². The molecule has 2 aliphatic rings. The summed E-state index contributed by atoms with van der Waals surface area (Å²) in [5, 5.41) is 29.0. The number of aromatic nitrogens is 4. The van der Waals surface area contributed by atoms with Crippen LogP contribution in [0.2, 0.25) is 0 Å². The zero-order valence-corrected chi connectivity index (χ0v) is 57.4. The quantitative estimate of drug-likeness (QED) is 0.0161. The minimum absolute atomic E-state index is 0.0136. The van der Waals surface area contributed by atoms with Crippen LogP contribution in [0.5, 0.6) is 17.2 Å². The molecule has 2 heterocycles. The molecule has 0 aliphatic heterocycles. The van der Waals surface area contributed by atoms with Crippen molar-refractivity contribution in [1.82, 2.24) is 19.6 Å². The van der Waals surface area contributed by atoms with Crippen molar-refractivity contribution in [2.75, 3.05) is 27.8 Å². The number of hydrazine groups is 1. The number of nitrogens with zero attached hydrogens (tertiary/aromatic N) is 7. The van der Waals surface area contributed by atoms with Crippen molar-refractivity contribution in [2.45, 2.75) is 124 Å². The standard InChI is InChI=1S/C28H30F3N3O4.C19H26INO3.C10H7F3N2O.C8H7F3N2.C6H8N2/c1-17(2)34(26(35)19-11-9-18(3)10-12-19)23-14-13-21(15-22(23)27(36)37)38-24-16-33(20-7-5-4-6-8-20)32-25(24)28(29,30)31;1-12(2)21(18(22)14-7-5-13(3)6-8-14)17-10-9-15(20)11-16(17)19(23)24-4;11-10(12,13)9-8(16)6-15(14-9)7-4-2-1-3-5-7;9-8(10,11)6-12-13-7-4-2-1-3-5-7;7-8-6-4-2-1-3-5-6/h4-8,13-19H,9-12H2,1-3H3,(H,36,37);9-14H,5-8H2,1-4H3;1-6,16H;1-6,13H;1-5,8H,7H2/b;;;12-6+;. The van der Waals surface area contributed by atoms with Crippen molar-refractivity contribution in [1.29, 1.82) is 0 Å². The Bertz CT molecular complexity index is 3900. The van der Waals surface area contributed by atoms with Gasteiger partial charge in [-0.1, -0.05) is 86.6 Å². The highest BCUT2D eigenvalue weighted by molar-refractivity contribution is 14.1. The third kappa shape index (κ3) is 23.6. The van der Waals surface area contributed by atoms with Crippen LogP contribution in [0.25, 0.3) is 11.4 Å². The topological polar surface area (TPSA) is 232 Å². The molecule has 2 aromatic heterocycles. The van der Waals surface area contributed by atoms with E-state index in [2.05, 4.69) is 62.6 Å². The van der Waals surface area contributed by atoms with Gasteiger partial charge in [0.2, 0.25) is 23.2 Å². The molecule has 0 bridgehead atoms. The van der Waals surface area contributed by atoms with Gasteiger partial charge < -0.3 is 34.9 Å². The Morgan fingerprint density at radius 2 is 1.03 bits per heavy atom. The van der Waals surface area contributed by atoms with E-state index in [1.165, 1.54) is 24.1 Å². The number of ether oxygens (including phenoxy) is 2. The number of hydrogen-bond donors (Lipinski definition) is 5. The number of carbonyl (C=O) groups excluding carboxylic acids is 3. The number of aromatic hydroxyl groups is 1. The highest BCUT2D eigenvalue weighted by atomic mass is 127. The van der Waals surface area contributed by atoms with Gasteiger partial charge in [0, 0.05) is 33.2 Å². The van der Waals surface area contributed by atoms with E-state index < -0.39 is 53.4 Å². The van der Waals surface area contributed by atoms with Crippen LogP contribution in [-0.4, -0.2) is 85.1 Å². The highest BCUT2D eigenvalue weighted by Gasteiger charge is 2.40. The number of benzene rings is 6. The van der Waals surface area contributed by atoms with Crippen molar-refractivity contribution in [3.05, 3.63) is 196 Å². The van der Waals surface area contributed by atoms with Gasteiger partial charge in [-0.05, 0) is 198 Å². The first kappa shape index (κ1) is 78.5. The molecule has 530 valence electrons. The van der Waals surface area contributed by atoms with Crippen LogP contribution >= 0.6 is 22.6 Å². The Hall–Kier alpha value is -9.45. The number of nitrogen functional groups attached to an aromatic ring is 1. The molecule has 0 atom stereocenters. The number of esters is 1. The van der Waals surface area contributed by atoms with E-state index in [0.29, 0.717) is 40.1 Å². The van der Waals surface area contributed by atoms with Crippen LogP contribution in [0.1, 0.15) is 125 Å². The molecule has 2 fully saturated rings. The normalized spacial score (nSPS) is 16.0. The molecule has 0 saturated heterocycles. The van der Waals surface area contributed by atoms with Gasteiger partial charge >= 0.3 is 30.5 Å². The molecule has 28 heteroatoms. The average molecular weight is 1500 g/mol. The number of alkyl halides is 9. The number of para-hydroxylation sites is 4. The van der Waals surface area contributed by atoms with Crippen molar-refractivity contribution < 1.29 is 78.4 Å². The number of carbonyl (C=O) groups is 4. The van der Waals surface area contributed by atoms with Gasteiger partial charge in [-0.3, -0.25) is 20.9 Å². The number of nitrogens with one attached hydrogen (secondary N) is 2. The first-order valence-electron chi connectivity index (χ1n) is 31.5. The molecular formula is C71H78F9IN10O8. The molecule has 2 aliphatic carbocycles. The molecule has 18 nitrogen and oxygen atoms in total. The minimum atomic E-state index is -4.80. The number of hydrazone groups is 1. The number of halogens is 10. The fraction of sp³-hybridized carbons (Fsp3) is 0.338. The summed E-state index contributed by atoms with van der Waals surface area (Å²) in [4.78, 5) is 54.3. The van der Waals surface area contributed by atoms with Crippen molar-refractivity contribution in [3.63, 3.8) is 0 Å². The zero-order valence-electron chi connectivity index (χ0n) is 55.2. The number of nitrogens with two attached hydrogens (primary N) is 1. The number of carboxylic acid groups (broad SMARTS) is 1. The van der Waals surface area contributed by atoms with Gasteiger partial charge in [-0.25, -0.2) is 19.0 Å². The highest BCUT2D eigenvalue weighted by Crippen LogP contribution is 2.41. The number of methoxy groups -OCH3 is 1. The molecule has 8 aromatic rings. The Kier molecular flexibility index (Phi) is 28.9. The van der Waals surface area contributed by atoms with Crippen LogP contribution in [-0.2, 0) is 26.7 Å². The molecule has 10 rings (SSSR count). The van der Waals surface area contributed by atoms with Crippen LogP contribution < -0.4 is 31.2 Å². The zero-order chi connectivity index (χ0) is 72.8. The fourth-order valence-corrected chi connectivity index (χ4v) is 11.1. The van der Waals surface area contributed by atoms with Gasteiger partial charge in [0.1, 0.15) is 12.0 Å². The number of carboxylic acids is 1. The summed E-state index contributed by atoms with van der Waals surface area (Å²) in [6.45, 7) is 12.0. The molecule has 99 heavy (non-hydrogen) atoms. The number of anilines is 4. The third-order valence-electron chi connectivity index (χ3n) is 15.6. The van der Waals surface area contributed by atoms with E-state index in [1.807, 2.05) is 56.3 Å². The molecular weight excluding hydrogens is 1420 g/mol. The largest absolute Gasteiger partial charge is 0.504 e. The van der Waals surface area contributed by atoms with E-state index in [4.69, 9.17) is 20.4 Å². The number of hydrogen-bond acceptors (Lipinski definition) is 13. The van der Waals surface area contributed by atoms with Gasteiger partial charge in [0.25, 0.3) is 0 Å². The first-order valence-corrected chi connectivity index (χ1v) is 32.5. The van der Waals surface area contributed by atoms with E-state index in [1.54, 1.807) is 116 Å². The average Bonchev–Trinajstić information content (AvgIpc) is 1.71. The van der Waals surface area contributed by atoms with E-state index in [0.717, 1.165) is 88.4 Å². The number of rotatable bonds is 15. The lowest BCUT2D eigenvalue weighted by Crippen LogP contribution is -2.43. The number of amides is 2. The molecule has 0 unspecified atom stereocenters. The van der Waals surface area contributed by atoms with Crippen LogP contribution in [0.15, 0.2) is 175 Å². The smallest absolute Gasteiger partial charge is 0.438 e. The molecule has 2 amide bonds. The summed E-state index contributed by atoms with van der Waals surface area (Å²) in [6.07, 6.45) is -4.51. The van der Waals surface area contributed by atoms with Gasteiger partial charge in [0.15, 0.2) is 11.5 Å². The lowest BCUT2D eigenvalue weighted by molar-refractivity contribution is -0.143. The summed E-state index contributed by atoms with van der Waals surface area (Å²) in [7, 11) is 1.37. The summed E-state index contributed by atoms with van der Waals surface area (Å²) in [6, 6.07) is 43.7. The van der Waals surface area contributed by atoms with Crippen LogP contribution in [0.4, 0.5) is 62.3 Å². The van der Waals surface area contributed by atoms with Crippen LogP contribution in [0.3, 0.4) is 0 Å². The van der Waals surface area contributed by atoms with E-state index >= 15 is 0 Å². The third-order valence-corrected chi connectivity index (χ3v) is 16.3. The van der Waals surface area contributed by atoms with Gasteiger partial charge in [-0.15, -0.1) is 0 Å². The Morgan fingerprint density at radius 3 is 1.43 bits per heavy atom. The van der Waals surface area contributed by atoms with Crippen molar-refractivity contribution >= 4 is 75.3 Å². The predicted molar refractivity (Wildman–Crippen MR) is 369 cm³/mol. The monoisotopic (exact) mass is 1500 g/mol. The second-order valence-corrected chi connectivity index (χ2v) is 25.1. The van der Waals surface area contributed by atoms with E-state index in [-0.39, 0.29) is 58.9 Å². The van der Waals surface area contributed by atoms with Crippen molar-refractivity contribution in [2.24, 2.45) is 34.6 Å². The summed E-state index contributed by atoms with van der Waals surface area (Å²) in [5.74, 6) is 2.88. The summed E-state index contributed by atoms with van der Waals surface area (Å²) in [5.41, 5.74) is 5.61. The SMILES string of the molecule is CC1CCC(C(=O)N(c2ccc(Oc3cn(-c4ccccc4)nc3C(F)(F)F)cc2C(=O)O)C(C)C)CC1.COC(=O)c1cc(I)ccc1N(C(=O)C1CCC(C)CC1)C(C)C.FC(F)(F)/C=N/Nc1ccccc1.NNc1ccccc1.Oc1cn(-c2ccccc2)nc1C(F)(F)F. The minimum Gasteiger partial charge on any atom is -0.504 e. The number of aromatic carboxylic acids is 1. The van der Waals surface area contributed by atoms with Gasteiger partial charge in [-0.2, -0.15) is 54.8 Å². The first-order chi connectivity index (χ1) is 46.8. The maximum atomic E-state index is 13.7. The van der Waals surface area contributed by atoms with E-state index in [9.17, 15) is 63.8 Å².